The Morgan fingerprint density at radius 3 is 2.48 bits per heavy atom. The van der Waals surface area contributed by atoms with Gasteiger partial charge in [-0.3, -0.25) is 19.9 Å². The molecule has 1 aromatic heterocycles. The van der Waals surface area contributed by atoms with Crippen molar-refractivity contribution in [3.8, 4) is 0 Å². The maximum absolute atomic E-state index is 12.3. The number of nitrogens with zero attached hydrogens (tertiary/aromatic N) is 2. The lowest BCUT2D eigenvalue weighted by Crippen LogP contribution is -2.14. The molecule has 0 aliphatic heterocycles. The van der Waals surface area contributed by atoms with Gasteiger partial charge in [-0.15, -0.1) is 0 Å². The Bertz CT molecular complexity index is 811. The van der Waals surface area contributed by atoms with Crippen LogP contribution in [0.5, 0.6) is 0 Å². The maximum atomic E-state index is 12.3. The van der Waals surface area contributed by atoms with E-state index >= 15 is 0 Å². The number of aromatic nitrogens is 2. The minimum absolute atomic E-state index is 0.177. The summed E-state index contributed by atoms with van der Waals surface area (Å²) in [6.07, 6.45) is 0. The minimum atomic E-state index is -3.93. The summed E-state index contributed by atoms with van der Waals surface area (Å²) in [6, 6.07) is 3.75. The molecule has 0 fully saturated rings. The van der Waals surface area contributed by atoms with Gasteiger partial charge in [-0.25, -0.2) is 8.42 Å². The molecule has 112 valence electrons. The van der Waals surface area contributed by atoms with Gasteiger partial charge in [0.2, 0.25) is 0 Å². The van der Waals surface area contributed by atoms with E-state index in [-0.39, 0.29) is 16.4 Å². The number of H-pyrrole nitrogens is 1. The van der Waals surface area contributed by atoms with Gasteiger partial charge in [0.05, 0.1) is 9.82 Å². The average molecular weight is 310 g/mol. The van der Waals surface area contributed by atoms with Crippen LogP contribution in [-0.4, -0.2) is 23.5 Å². The lowest BCUT2D eigenvalue weighted by molar-refractivity contribution is -0.385. The molecular weight excluding hydrogens is 296 g/mol. The van der Waals surface area contributed by atoms with Crippen LogP contribution in [0.25, 0.3) is 0 Å². The second-order valence-electron chi connectivity index (χ2n) is 4.63. The van der Waals surface area contributed by atoms with Crippen LogP contribution in [-0.2, 0) is 10.0 Å². The number of nitro benzene ring substituents is 1. The van der Waals surface area contributed by atoms with Crippen molar-refractivity contribution in [1.82, 2.24) is 10.2 Å². The summed E-state index contributed by atoms with van der Waals surface area (Å²) >= 11 is 0. The average Bonchev–Trinajstić information content (AvgIpc) is 2.70. The van der Waals surface area contributed by atoms with Gasteiger partial charge >= 0.3 is 0 Å². The van der Waals surface area contributed by atoms with E-state index < -0.39 is 14.9 Å². The highest BCUT2D eigenvalue weighted by Gasteiger charge is 2.21. The van der Waals surface area contributed by atoms with Crippen LogP contribution in [0.2, 0.25) is 0 Å². The molecule has 0 bridgehead atoms. The van der Waals surface area contributed by atoms with Crippen LogP contribution < -0.4 is 4.72 Å². The molecule has 0 aliphatic carbocycles. The number of hydrogen-bond acceptors (Lipinski definition) is 5. The van der Waals surface area contributed by atoms with Crippen molar-refractivity contribution in [2.24, 2.45) is 0 Å². The third-order valence-electron chi connectivity index (χ3n) is 3.17. The predicted octanol–water partition coefficient (Wildman–Crippen LogP) is 2.04. The maximum Gasteiger partial charge on any atom is 0.273 e. The number of nitrogens with one attached hydrogen (secondary N) is 2. The number of anilines is 1. The molecule has 0 spiro atoms. The van der Waals surface area contributed by atoms with E-state index in [9.17, 15) is 18.5 Å². The van der Waals surface area contributed by atoms with Gasteiger partial charge in [0.1, 0.15) is 0 Å². The van der Waals surface area contributed by atoms with Gasteiger partial charge < -0.3 is 0 Å². The normalized spacial score (nSPS) is 11.4. The highest BCUT2D eigenvalue weighted by atomic mass is 32.2. The molecule has 2 rings (SSSR count). The van der Waals surface area contributed by atoms with Gasteiger partial charge in [0, 0.05) is 22.9 Å². The third-order valence-corrected chi connectivity index (χ3v) is 4.51. The van der Waals surface area contributed by atoms with Gasteiger partial charge in [-0.05, 0) is 26.8 Å². The van der Waals surface area contributed by atoms with Crippen molar-refractivity contribution in [1.29, 1.82) is 0 Å². The molecule has 2 N–H and O–H groups in total. The fourth-order valence-corrected chi connectivity index (χ4v) is 2.81. The van der Waals surface area contributed by atoms with Gasteiger partial charge in [0.25, 0.3) is 15.7 Å². The van der Waals surface area contributed by atoms with Crippen LogP contribution >= 0.6 is 0 Å². The number of rotatable bonds is 4. The number of aryl methyl sites for hydroxylation is 2. The standard InChI is InChI=1S/C12H14N4O4S/c1-7-4-5-10(6-11(7)16(17)18)21(19,20)15-12-8(2)9(3)13-14-12/h4-6H,1-3H3,(H2,13,14,15). The Hall–Kier alpha value is -2.42. The molecule has 0 aliphatic rings. The molecule has 2 aromatic rings. The summed E-state index contributed by atoms with van der Waals surface area (Å²) in [5, 5.41) is 17.4. The first kappa shape index (κ1) is 15.0. The highest BCUT2D eigenvalue weighted by molar-refractivity contribution is 7.92. The largest absolute Gasteiger partial charge is 0.280 e. The lowest BCUT2D eigenvalue weighted by Gasteiger charge is -2.07. The van der Waals surface area contributed by atoms with Crippen LogP contribution in [0, 0.1) is 30.9 Å². The molecule has 0 unspecified atom stereocenters. The zero-order valence-corrected chi connectivity index (χ0v) is 12.5. The summed E-state index contributed by atoms with van der Waals surface area (Å²) < 4.78 is 26.8. The van der Waals surface area contributed by atoms with Gasteiger partial charge in [-0.2, -0.15) is 5.10 Å². The van der Waals surface area contributed by atoms with Crippen LogP contribution in [0.1, 0.15) is 16.8 Å². The Morgan fingerprint density at radius 1 is 1.29 bits per heavy atom. The van der Waals surface area contributed by atoms with Crippen molar-refractivity contribution >= 4 is 21.5 Å². The molecule has 1 aromatic carbocycles. The Kier molecular flexibility index (Phi) is 3.69. The highest BCUT2D eigenvalue weighted by Crippen LogP contribution is 2.24. The number of nitro groups is 1. The van der Waals surface area contributed by atoms with E-state index in [0.717, 1.165) is 11.8 Å². The minimum Gasteiger partial charge on any atom is -0.280 e. The Labute approximate surface area is 121 Å². The topological polar surface area (TPSA) is 118 Å². The predicted molar refractivity (Wildman–Crippen MR) is 76.7 cm³/mol. The van der Waals surface area contributed by atoms with Gasteiger partial charge in [-0.1, -0.05) is 6.07 Å². The van der Waals surface area contributed by atoms with E-state index in [1.165, 1.54) is 12.1 Å². The molecule has 0 amide bonds. The molecule has 0 saturated heterocycles. The fourth-order valence-electron chi connectivity index (χ4n) is 1.72. The van der Waals surface area contributed by atoms with Crippen molar-refractivity contribution in [2.45, 2.75) is 25.7 Å². The molecule has 0 atom stereocenters. The summed E-state index contributed by atoms with van der Waals surface area (Å²) in [4.78, 5) is 10.1. The second-order valence-corrected chi connectivity index (χ2v) is 6.32. The zero-order valence-electron chi connectivity index (χ0n) is 11.7. The number of benzene rings is 1. The van der Waals surface area contributed by atoms with E-state index in [4.69, 9.17) is 0 Å². The van der Waals surface area contributed by atoms with Crippen LogP contribution in [0.15, 0.2) is 23.1 Å². The van der Waals surface area contributed by atoms with E-state index in [1.54, 1.807) is 20.8 Å². The summed E-state index contributed by atoms with van der Waals surface area (Å²) in [5.41, 5.74) is 1.56. The van der Waals surface area contributed by atoms with E-state index in [1.807, 2.05) is 0 Å². The first-order valence-corrected chi connectivity index (χ1v) is 7.50. The summed E-state index contributed by atoms with van der Waals surface area (Å²) in [7, 11) is -3.93. The summed E-state index contributed by atoms with van der Waals surface area (Å²) in [5.74, 6) is 0.177. The monoisotopic (exact) mass is 310 g/mol. The zero-order chi connectivity index (χ0) is 15.8. The second kappa shape index (κ2) is 5.17. The SMILES string of the molecule is Cc1ccc(S(=O)(=O)Nc2n[nH]c(C)c2C)cc1[N+](=O)[O-]. The number of aromatic amines is 1. The number of sulfonamides is 1. The Balaban J connectivity index is 2.43. The van der Waals surface area contributed by atoms with Crippen LogP contribution in [0.3, 0.4) is 0 Å². The van der Waals surface area contributed by atoms with Gasteiger partial charge in [0.15, 0.2) is 5.82 Å². The third kappa shape index (κ3) is 2.87. The molecule has 0 saturated carbocycles. The fraction of sp³-hybridized carbons (Fsp3) is 0.250. The molecule has 9 heteroatoms. The molecule has 21 heavy (non-hydrogen) atoms. The summed E-state index contributed by atoms with van der Waals surface area (Å²) in [6.45, 7) is 5.02. The molecule has 1 heterocycles. The van der Waals surface area contributed by atoms with E-state index in [0.29, 0.717) is 11.1 Å². The van der Waals surface area contributed by atoms with Crippen molar-refractivity contribution in [3.05, 3.63) is 45.1 Å². The van der Waals surface area contributed by atoms with Crippen molar-refractivity contribution < 1.29 is 13.3 Å². The van der Waals surface area contributed by atoms with Crippen molar-refractivity contribution in [3.63, 3.8) is 0 Å². The van der Waals surface area contributed by atoms with Crippen molar-refractivity contribution in [2.75, 3.05) is 4.72 Å². The first-order valence-electron chi connectivity index (χ1n) is 6.02. The molecule has 0 radical (unpaired) electrons. The molecular formula is C12H14N4O4S. The first-order chi connectivity index (χ1) is 9.72. The Morgan fingerprint density at radius 2 is 1.95 bits per heavy atom. The number of hydrogen-bond donors (Lipinski definition) is 2. The quantitative estimate of drug-likeness (QED) is 0.661. The van der Waals surface area contributed by atoms with Crippen LogP contribution in [0.4, 0.5) is 11.5 Å². The smallest absolute Gasteiger partial charge is 0.273 e. The molecule has 8 nitrogen and oxygen atoms in total. The van der Waals surface area contributed by atoms with E-state index in [2.05, 4.69) is 14.9 Å². The lowest BCUT2D eigenvalue weighted by atomic mass is 10.2.